The van der Waals surface area contributed by atoms with Gasteiger partial charge in [-0.1, -0.05) is 30.3 Å². The Kier molecular flexibility index (Phi) is 2.91. The van der Waals surface area contributed by atoms with Crippen LogP contribution in [0.15, 0.2) is 52.9 Å². The molecule has 3 aromatic rings. The van der Waals surface area contributed by atoms with Crippen LogP contribution in [0.2, 0.25) is 0 Å². The van der Waals surface area contributed by atoms with Crippen molar-refractivity contribution in [3.05, 3.63) is 59.9 Å². The van der Waals surface area contributed by atoms with Crippen LogP contribution >= 0.6 is 0 Å². The minimum atomic E-state index is -0.237. The lowest BCUT2D eigenvalue weighted by atomic mass is 10.1. The third-order valence-electron chi connectivity index (χ3n) is 3.01. The first-order valence-corrected chi connectivity index (χ1v) is 6.10. The van der Waals surface area contributed by atoms with Crippen LogP contribution in [0.5, 0.6) is 0 Å². The van der Waals surface area contributed by atoms with Crippen molar-refractivity contribution in [2.45, 2.75) is 13.0 Å². The highest BCUT2D eigenvalue weighted by molar-refractivity contribution is 5.74. The van der Waals surface area contributed by atoms with E-state index in [1.54, 1.807) is 12.1 Å². The minimum Gasteiger partial charge on any atom is -0.424 e. The minimum absolute atomic E-state index is 0.214. The van der Waals surface area contributed by atoms with E-state index < -0.39 is 0 Å². The van der Waals surface area contributed by atoms with E-state index in [-0.39, 0.29) is 11.9 Å². The van der Waals surface area contributed by atoms with Crippen molar-refractivity contribution in [2.75, 3.05) is 5.32 Å². The first-order chi connectivity index (χ1) is 9.24. The number of fused-ring (bicyclic) bond motifs is 1. The zero-order chi connectivity index (χ0) is 13.2. The Balaban J connectivity index is 1.86. The Morgan fingerprint density at radius 1 is 1.11 bits per heavy atom. The Morgan fingerprint density at radius 3 is 2.63 bits per heavy atom. The van der Waals surface area contributed by atoms with Crippen LogP contribution in [0.1, 0.15) is 18.5 Å². The van der Waals surface area contributed by atoms with Gasteiger partial charge in [0.2, 0.25) is 0 Å². The van der Waals surface area contributed by atoms with Gasteiger partial charge < -0.3 is 9.73 Å². The highest BCUT2D eigenvalue weighted by Gasteiger charge is 2.13. The van der Waals surface area contributed by atoms with Gasteiger partial charge in [-0.05, 0) is 25.1 Å². The topological polar surface area (TPSA) is 38.1 Å². The molecule has 1 aromatic heterocycles. The molecule has 0 saturated heterocycles. The van der Waals surface area contributed by atoms with E-state index >= 15 is 0 Å². The summed E-state index contributed by atoms with van der Waals surface area (Å²) in [7, 11) is 0. The molecular weight excluding hydrogens is 243 g/mol. The van der Waals surface area contributed by atoms with E-state index in [1.165, 1.54) is 6.07 Å². The first-order valence-electron chi connectivity index (χ1n) is 6.10. The van der Waals surface area contributed by atoms with Gasteiger partial charge in [0.25, 0.3) is 6.01 Å². The number of hydrogen-bond donors (Lipinski definition) is 1. The number of para-hydroxylation sites is 2. The van der Waals surface area contributed by atoms with Crippen LogP contribution < -0.4 is 5.32 Å². The quantitative estimate of drug-likeness (QED) is 0.765. The molecule has 1 atom stereocenters. The summed E-state index contributed by atoms with van der Waals surface area (Å²) in [4.78, 5) is 4.31. The molecule has 0 aliphatic rings. The Labute approximate surface area is 110 Å². The normalized spacial score (nSPS) is 12.5. The molecule has 4 heteroatoms. The molecule has 1 N–H and O–H groups in total. The number of halogens is 1. The second kappa shape index (κ2) is 4.72. The maximum Gasteiger partial charge on any atom is 0.296 e. The average molecular weight is 256 g/mol. The highest BCUT2D eigenvalue weighted by atomic mass is 19.1. The van der Waals surface area contributed by atoms with Gasteiger partial charge in [0.15, 0.2) is 5.58 Å². The van der Waals surface area contributed by atoms with Crippen LogP contribution in [0.3, 0.4) is 0 Å². The first kappa shape index (κ1) is 11.7. The van der Waals surface area contributed by atoms with Gasteiger partial charge in [0.1, 0.15) is 11.3 Å². The van der Waals surface area contributed by atoms with Crippen molar-refractivity contribution in [1.82, 2.24) is 4.98 Å². The second-order valence-electron chi connectivity index (χ2n) is 4.37. The van der Waals surface area contributed by atoms with Crippen molar-refractivity contribution in [2.24, 2.45) is 0 Å². The molecule has 1 unspecified atom stereocenters. The van der Waals surface area contributed by atoms with Crippen molar-refractivity contribution in [3.8, 4) is 0 Å². The lowest BCUT2D eigenvalue weighted by molar-refractivity contribution is 0.580. The van der Waals surface area contributed by atoms with E-state index in [2.05, 4.69) is 10.3 Å². The van der Waals surface area contributed by atoms with Crippen LogP contribution in [0, 0.1) is 5.82 Å². The molecule has 0 saturated carbocycles. The average Bonchev–Trinajstić information content (AvgIpc) is 2.81. The lowest BCUT2D eigenvalue weighted by Gasteiger charge is -2.12. The third kappa shape index (κ3) is 2.29. The number of anilines is 1. The van der Waals surface area contributed by atoms with Crippen molar-refractivity contribution >= 4 is 17.1 Å². The standard InChI is InChI=1S/C15H13FN2O/c1-10(11-6-2-3-7-12(11)16)17-15-18-13-8-4-5-9-14(13)19-15/h2-10H,1H3,(H,17,18). The number of rotatable bonds is 3. The molecule has 0 amide bonds. The molecular formula is C15H13FN2O. The van der Waals surface area contributed by atoms with Crippen LogP contribution in [-0.4, -0.2) is 4.98 Å². The molecule has 1 heterocycles. The summed E-state index contributed by atoms with van der Waals surface area (Å²) in [6, 6.07) is 14.4. The van der Waals surface area contributed by atoms with Gasteiger partial charge in [0.05, 0.1) is 6.04 Å². The number of nitrogens with one attached hydrogen (secondary N) is 1. The molecule has 3 rings (SSSR count). The fourth-order valence-corrected chi connectivity index (χ4v) is 2.02. The molecule has 96 valence electrons. The fourth-order valence-electron chi connectivity index (χ4n) is 2.02. The Morgan fingerprint density at radius 2 is 1.84 bits per heavy atom. The molecule has 0 aliphatic heterocycles. The van der Waals surface area contributed by atoms with Gasteiger partial charge in [-0.2, -0.15) is 4.98 Å². The van der Waals surface area contributed by atoms with Crippen molar-refractivity contribution in [3.63, 3.8) is 0 Å². The number of nitrogens with zero attached hydrogens (tertiary/aromatic N) is 1. The molecule has 0 aliphatic carbocycles. The molecule has 0 spiro atoms. The van der Waals surface area contributed by atoms with E-state index in [4.69, 9.17) is 4.42 Å². The van der Waals surface area contributed by atoms with Crippen molar-refractivity contribution < 1.29 is 8.81 Å². The molecule has 0 bridgehead atoms. The summed E-state index contributed by atoms with van der Waals surface area (Å²) in [6.45, 7) is 1.87. The van der Waals surface area contributed by atoms with E-state index in [0.29, 0.717) is 17.2 Å². The van der Waals surface area contributed by atoms with Crippen molar-refractivity contribution in [1.29, 1.82) is 0 Å². The number of oxazole rings is 1. The summed E-state index contributed by atoms with van der Waals surface area (Å²) >= 11 is 0. The summed E-state index contributed by atoms with van der Waals surface area (Å²) in [6.07, 6.45) is 0. The second-order valence-corrected chi connectivity index (χ2v) is 4.37. The fraction of sp³-hybridized carbons (Fsp3) is 0.133. The van der Waals surface area contributed by atoms with E-state index in [9.17, 15) is 4.39 Å². The number of benzene rings is 2. The maximum absolute atomic E-state index is 13.7. The monoisotopic (exact) mass is 256 g/mol. The van der Waals surface area contributed by atoms with Gasteiger partial charge in [-0.15, -0.1) is 0 Å². The molecule has 0 radical (unpaired) electrons. The van der Waals surface area contributed by atoms with Gasteiger partial charge in [0, 0.05) is 5.56 Å². The summed E-state index contributed by atoms with van der Waals surface area (Å²) in [5.74, 6) is -0.237. The maximum atomic E-state index is 13.7. The summed E-state index contributed by atoms with van der Waals surface area (Å²) < 4.78 is 19.2. The number of aromatic nitrogens is 1. The van der Waals surface area contributed by atoms with Crippen LogP contribution in [-0.2, 0) is 0 Å². The molecule has 0 fully saturated rings. The molecule has 19 heavy (non-hydrogen) atoms. The molecule has 2 aromatic carbocycles. The highest BCUT2D eigenvalue weighted by Crippen LogP contribution is 2.24. The van der Waals surface area contributed by atoms with Gasteiger partial charge in [-0.25, -0.2) is 4.39 Å². The van der Waals surface area contributed by atoms with E-state index in [0.717, 1.165) is 5.52 Å². The smallest absolute Gasteiger partial charge is 0.296 e. The lowest BCUT2D eigenvalue weighted by Crippen LogP contribution is -2.08. The van der Waals surface area contributed by atoms with Crippen LogP contribution in [0.4, 0.5) is 10.4 Å². The van der Waals surface area contributed by atoms with Crippen LogP contribution in [0.25, 0.3) is 11.1 Å². The summed E-state index contributed by atoms with van der Waals surface area (Å²) in [5, 5.41) is 3.07. The van der Waals surface area contributed by atoms with Gasteiger partial charge >= 0.3 is 0 Å². The van der Waals surface area contributed by atoms with Gasteiger partial charge in [-0.3, -0.25) is 0 Å². The third-order valence-corrected chi connectivity index (χ3v) is 3.01. The number of hydrogen-bond acceptors (Lipinski definition) is 3. The zero-order valence-electron chi connectivity index (χ0n) is 10.4. The Hall–Kier alpha value is -2.36. The summed E-state index contributed by atoms with van der Waals surface area (Å²) in [5.41, 5.74) is 2.08. The largest absolute Gasteiger partial charge is 0.424 e. The molecule has 3 nitrogen and oxygen atoms in total. The Bertz CT molecular complexity index is 675. The van der Waals surface area contributed by atoms with E-state index in [1.807, 2.05) is 37.3 Å². The zero-order valence-corrected chi connectivity index (χ0v) is 10.4. The predicted octanol–water partition coefficient (Wildman–Crippen LogP) is 4.14. The SMILES string of the molecule is CC(Nc1nc2ccccc2o1)c1ccccc1F. The predicted molar refractivity (Wildman–Crippen MR) is 72.4 cm³/mol.